The Labute approximate surface area is 117 Å². The van der Waals surface area contributed by atoms with Gasteiger partial charge in [-0.3, -0.25) is 0 Å². The summed E-state index contributed by atoms with van der Waals surface area (Å²) in [6, 6.07) is 0. The molecule has 0 bridgehead atoms. The number of rotatable bonds is 0. The molecule has 0 radical (unpaired) electrons. The average Bonchev–Trinajstić information content (AvgIpc) is 0. The minimum Gasteiger partial charge on any atom is -1.00 e. The van der Waals surface area contributed by atoms with Gasteiger partial charge in [-0.2, -0.15) is 0 Å². The fraction of sp³-hybridized carbons (Fsp3) is 0. The van der Waals surface area contributed by atoms with Crippen molar-refractivity contribution >= 4 is 48.9 Å². The zero-order valence-corrected chi connectivity index (χ0v) is 10.5. The molecular formula is H4BaLiNaNi. The summed E-state index contributed by atoms with van der Waals surface area (Å²) in [4.78, 5) is 0. The van der Waals surface area contributed by atoms with E-state index >= 15 is 0 Å². The Morgan fingerprint density at radius 1 is 1.25 bits per heavy atom. The molecule has 18 valence electrons. The van der Waals surface area contributed by atoms with Crippen LogP contribution in [0.25, 0.3) is 0 Å². The van der Waals surface area contributed by atoms with Gasteiger partial charge in [-0.1, -0.05) is 0 Å². The summed E-state index contributed by atoms with van der Waals surface area (Å²) in [5.74, 6) is 0. The Bertz CT molecular complexity index is 16.0. The normalized spacial score (nSPS) is 0. The summed E-state index contributed by atoms with van der Waals surface area (Å²) in [7, 11) is 0. The van der Waals surface area contributed by atoms with E-state index in [0.29, 0.717) is 0 Å². The van der Waals surface area contributed by atoms with E-state index in [0.717, 1.165) is 0 Å². The van der Waals surface area contributed by atoms with E-state index in [2.05, 4.69) is 0 Å². The maximum Gasteiger partial charge on any atom is 2.00 e. The van der Waals surface area contributed by atoms with E-state index in [1.165, 1.54) is 0 Å². The maximum absolute atomic E-state index is 0. The van der Waals surface area contributed by atoms with Crippen LogP contribution in [-0.4, -0.2) is 48.9 Å². The molecule has 0 aliphatic carbocycles. The third-order valence-electron chi connectivity index (χ3n) is 0. The molecular weight excluding hydrogens is 226 g/mol. The van der Waals surface area contributed by atoms with Gasteiger partial charge in [-0.15, -0.1) is 0 Å². The molecule has 0 nitrogen and oxygen atoms in total. The largest absolute Gasteiger partial charge is 2.00 e. The molecule has 0 heterocycles. The van der Waals surface area contributed by atoms with E-state index in [-0.39, 0.29) is 119 Å². The zero-order chi connectivity index (χ0) is 0. The van der Waals surface area contributed by atoms with Crippen LogP contribution in [0.2, 0.25) is 0 Å². The third-order valence-corrected chi connectivity index (χ3v) is 0. The molecule has 0 amide bonds. The second-order valence-corrected chi connectivity index (χ2v) is 0. The van der Waals surface area contributed by atoms with E-state index < -0.39 is 0 Å². The first kappa shape index (κ1) is 25.4. The monoisotopic (exact) mass is 230 g/mol. The second-order valence-electron chi connectivity index (χ2n) is 0. The Kier molecular flexibility index (Phi) is 101. The molecule has 0 aromatic carbocycles. The zero-order valence-electron chi connectivity index (χ0n) is 7.02. The van der Waals surface area contributed by atoms with Crippen molar-refractivity contribution in [3.8, 4) is 0 Å². The fourth-order valence-corrected chi connectivity index (χ4v) is 0. The number of hydrogen-bond donors (Lipinski definition) is 0. The summed E-state index contributed by atoms with van der Waals surface area (Å²) < 4.78 is 0. The molecule has 4 heteroatoms. The molecule has 0 aliphatic heterocycles. The maximum atomic E-state index is 0. The van der Waals surface area contributed by atoms with E-state index in [1.807, 2.05) is 0 Å². The van der Waals surface area contributed by atoms with Crippen molar-refractivity contribution in [2.75, 3.05) is 0 Å². The molecule has 0 aromatic rings. The van der Waals surface area contributed by atoms with E-state index in [9.17, 15) is 0 Å². The van der Waals surface area contributed by atoms with Crippen molar-refractivity contribution in [3.63, 3.8) is 0 Å². The van der Waals surface area contributed by atoms with Gasteiger partial charge < -0.3 is 5.71 Å². The van der Waals surface area contributed by atoms with Gasteiger partial charge in [0.25, 0.3) is 0 Å². The van der Waals surface area contributed by atoms with Crippen LogP contribution in [0.1, 0.15) is 5.71 Å². The predicted molar refractivity (Wildman–Crippen MR) is 10.2 cm³/mol. The van der Waals surface area contributed by atoms with Gasteiger partial charge in [0.1, 0.15) is 0 Å². The molecule has 0 rings (SSSR count). The van der Waals surface area contributed by atoms with Crippen molar-refractivity contribution in [1.29, 1.82) is 0 Å². The van der Waals surface area contributed by atoms with Crippen molar-refractivity contribution < 1.29 is 70.6 Å². The van der Waals surface area contributed by atoms with Gasteiger partial charge in [0.15, 0.2) is 0 Å². The first-order valence-electron chi connectivity index (χ1n) is 0. The topological polar surface area (TPSA) is 0 Å². The summed E-state index contributed by atoms with van der Waals surface area (Å²) >= 11 is 0. The summed E-state index contributed by atoms with van der Waals surface area (Å²) in [5.41, 5.74) is 0. The van der Waals surface area contributed by atoms with Gasteiger partial charge in [-0.05, 0) is 0 Å². The van der Waals surface area contributed by atoms with E-state index in [4.69, 9.17) is 0 Å². The molecule has 0 saturated heterocycles. The van der Waals surface area contributed by atoms with Crippen LogP contribution in [0.3, 0.4) is 0 Å². The molecule has 0 saturated carbocycles. The fourth-order valence-electron chi connectivity index (χ4n) is 0. The van der Waals surface area contributed by atoms with Gasteiger partial charge in [0.2, 0.25) is 0 Å². The smallest absolute Gasteiger partial charge is 1.00 e. The van der Waals surface area contributed by atoms with Gasteiger partial charge >= 0.3 is 97.3 Å². The van der Waals surface area contributed by atoms with Gasteiger partial charge in [0, 0.05) is 16.5 Å². The van der Waals surface area contributed by atoms with Crippen LogP contribution in [-0.2, 0) is 16.5 Å². The van der Waals surface area contributed by atoms with Crippen molar-refractivity contribution in [1.82, 2.24) is 0 Å². The summed E-state index contributed by atoms with van der Waals surface area (Å²) in [6.07, 6.45) is 0. The van der Waals surface area contributed by atoms with Crippen LogP contribution in [0.5, 0.6) is 0 Å². The first-order chi connectivity index (χ1) is 0. The average molecular weight is 230 g/mol. The Morgan fingerprint density at radius 3 is 1.25 bits per heavy atom. The number of hydrogen-bond acceptors (Lipinski definition) is 0. The SMILES string of the molecule is [Ba+2].[H-].[H-].[H-].[H-].[Li+].[Na+].[Ni]. The summed E-state index contributed by atoms with van der Waals surface area (Å²) in [6.45, 7) is 0. The minimum absolute atomic E-state index is 0. The van der Waals surface area contributed by atoms with Crippen molar-refractivity contribution in [2.45, 2.75) is 0 Å². The third kappa shape index (κ3) is 9.18. The summed E-state index contributed by atoms with van der Waals surface area (Å²) in [5, 5.41) is 0. The quantitative estimate of drug-likeness (QED) is 0.363. The second kappa shape index (κ2) is 15.9. The van der Waals surface area contributed by atoms with Crippen LogP contribution in [0.15, 0.2) is 0 Å². The predicted octanol–water partition coefficient (Wildman–Crippen LogP) is -5.93. The minimum atomic E-state index is 0. The molecule has 0 fully saturated rings. The van der Waals surface area contributed by atoms with Crippen LogP contribution >= 0.6 is 0 Å². The van der Waals surface area contributed by atoms with Crippen LogP contribution in [0.4, 0.5) is 0 Å². The van der Waals surface area contributed by atoms with Crippen molar-refractivity contribution in [3.05, 3.63) is 0 Å². The molecule has 0 unspecified atom stereocenters. The van der Waals surface area contributed by atoms with Gasteiger partial charge in [-0.25, -0.2) is 0 Å². The molecule has 0 spiro atoms. The molecule has 4 heavy (non-hydrogen) atoms. The first-order valence-corrected chi connectivity index (χ1v) is 0. The standard InChI is InChI=1S/Ba.Li.Na.Ni.4H/q+2;2*+1;;4*-1. The Hall–Kier alpha value is 3.66. The van der Waals surface area contributed by atoms with Gasteiger partial charge in [0.05, 0.1) is 0 Å². The molecule has 0 N–H and O–H groups in total. The Morgan fingerprint density at radius 2 is 1.25 bits per heavy atom. The van der Waals surface area contributed by atoms with Crippen molar-refractivity contribution in [2.24, 2.45) is 0 Å². The van der Waals surface area contributed by atoms with Crippen LogP contribution in [0, 0.1) is 0 Å². The molecule has 0 aliphatic rings. The van der Waals surface area contributed by atoms with E-state index in [1.54, 1.807) is 0 Å². The molecule has 0 aromatic heterocycles. The Balaban J connectivity index is 0. The molecule has 0 atom stereocenters. The van der Waals surface area contributed by atoms with Crippen LogP contribution < -0.4 is 48.4 Å².